The van der Waals surface area contributed by atoms with Gasteiger partial charge in [0.15, 0.2) is 6.61 Å². The highest BCUT2D eigenvalue weighted by molar-refractivity contribution is 5.77. The molecule has 1 N–H and O–H groups in total. The van der Waals surface area contributed by atoms with Crippen LogP contribution in [-0.2, 0) is 11.2 Å². The summed E-state index contributed by atoms with van der Waals surface area (Å²) >= 11 is 0. The molecule has 2 rings (SSSR count). The molecule has 2 aromatic rings. The maximum atomic E-state index is 13.4. The largest absolute Gasteiger partial charge is 0.484 e. The molecule has 0 aliphatic rings. The standard InChI is InChI=1S/C16H15F2NO2/c17-13-6-7-15(18)12(10-13)8-9-19-16(20)11-21-14-4-2-1-3-5-14/h1-7,10H,8-9,11H2,(H,19,20). The second-order valence-corrected chi connectivity index (χ2v) is 4.44. The van der Waals surface area contributed by atoms with Crippen molar-refractivity contribution >= 4 is 5.91 Å². The summed E-state index contributed by atoms with van der Waals surface area (Å²) in [5.41, 5.74) is 0.235. The minimum Gasteiger partial charge on any atom is -0.484 e. The molecule has 0 saturated heterocycles. The third kappa shape index (κ3) is 4.87. The van der Waals surface area contributed by atoms with E-state index < -0.39 is 11.6 Å². The molecule has 3 nitrogen and oxygen atoms in total. The Balaban J connectivity index is 1.73. The summed E-state index contributed by atoms with van der Waals surface area (Å²) in [7, 11) is 0. The normalized spacial score (nSPS) is 10.2. The van der Waals surface area contributed by atoms with E-state index in [1.165, 1.54) is 0 Å². The highest BCUT2D eigenvalue weighted by atomic mass is 19.1. The van der Waals surface area contributed by atoms with E-state index in [4.69, 9.17) is 4.74 Å². The van der Waals surface area contributed by atoms with Crippen LogP contribution in [0.4, 0.5) is 8.78 Å². The molecule has 2 aromatic carbocycles. The Labute approximate surface area is 121 Å². The minimum absolute atomic E-state index is 0.115. The molecule has 0 atom stereocenters. The van der Waals surface area contributed by atoms with Crippen LogP contribution in [-0.4, -0.2) is 19.1 Å². The van der Waals surface area contributed by atoms with E-state index in [2.05, 4.69) is 5.32 Å². The van der Waals surface area contributed by atoms with Gasteiger partial charge in [-0.2, -0.15) is 0 Å². The molecule has 0 bridgehead atoms. The predicted molar refractivity (Wildman–Crippen MR) is 75.0 cm³/mol. The van der Waals surface area contributed by atoms with Crippen LogP contribution in [0.5, 0.6) is 5.75 Å². The van der Waals surface area contributed by atoms with Gasteiger partial charge in [0.05, 0.1) is 0 Å². The molecule has 0 heterocycles. The second-order valence-electron chi connectivity index (χ2n) is 4.44. The Kier molecular flexibility index (Phi) is 5.26. The number of carbonyl (C=O) groups is 1. The van der Waals surface area contributed by atoms with Crippen molar-refractivity contribution in [3.63, 3.8) is 0 Å². The van der Waals surface area contributed by atoms with Crippen LogP contribution in [0.25, 0.3) is 0 Å². The number of nitrogens with one attached hydrogen (secondary N) is 1. The molecule has 0 unspecified atom stereocenters. The van der Waals surface area contributed by atoms with Crippen LogP contribution in [0.3, 0.4) is 0 Å². The Morgan fingerprint density at radius 3 is 2.62 bits per heavy atom. The van der Waals surface area contributed by atoms with Crippen molar-refractivity contribution in [2.75, 3.05) is 13.2 Å². The van der Waals surface area contributed by atoms with E-state index in [1.54, 1.807) is 24.3 Å². The third-order valence-electron chi connectivity index (χ3n) is 2.84. The molecule has 110 valence electrons. The summed E-state index contributed by atoms with van der Waals surface area (Å²) < 4.78 is 31.6. The molecular weight excluding hydrogens is 276 g/mol. The quantitative estimate of drug-likeness (QED) is 0.888. The number of rotatable bonds is 6. The number of hydrogen-bond donors (Lipinski definition) is 1. The van der Waals surface area contributed by atoms with Gasteiger partial charge in [0.25, 0.3) is 5.91 Å². The minimum atomic E-state index is -0.495. The first kappa shape index (κ1) is 15.0. The average Bonchev–Trinajstić information content (AvgIpc) is 2.50. The van der Waals surface area contributed by atoms with Gasteiger partial charge in [0.1, 0.15) is 17.4 Å². The Morgan fingerprint density at radius 1 is 1.10 bits per heavy atom. The van der Waals surface area contributed by atoms with Crippen molar-refractivity contribution < 1.29 is 18.3 Å². The van der Waals surface area contributed by atoms with Crippen LogP contribution >= 0.6 is 0 Å². The van der Waals surface area contributed by atoms with E-state index in [0.717, 1.165) is 18.2 Å². The number of halogens is 2. The topological polar surface area (TPSA) is 38.3 Å². The molecule has 0 saturated carbocycles. The summed E-state index contributed by atoms with van der Waals surface area (Å²) in [6.45, 7) is 0.104. The molecule has 1 amide bonds. The van der Waals surface area contributed by atoms with Crippen LogP contribution in [0.2, 0.25) is 0 Å². The zero-order valence-electron chi connectivity index (χ0n) is 11.3. The van der Waals surface area contributed by atoms with E-state index in [1.807, 2.05) is 6.07 Å². The maximum Gasteiger partial charge on any atom is 0.257 e. The van der Waals surface area contributed by atoms with E-state index in [-0.39, 0.29) is 31.0 Å². The van der Waals surface area contributed by atoms with E-state index in [0.29, 0.717) is 5.75 Å². The third-order valence-corrected chi connectivity index (χ3v) is 2.84. The lowest BCUT2D eigenvalue weighted by atomic mass is 10.1. The van der Waals surface area contributed by atoms with Crippen molar-refractivity contribution in [3.8, 4) is 5.75 Å². The number of amides is 1. The Hall–Kier alpha value is -2.43. The first-order valence-corrected chi connectivity index (χ1v) is 6.53. The van der Waals surface area contributed by atoms with Crippen LogP contribution in [0.1, 0.15) is 5.56 Å². The van der Waals surface area contributed by atoms with Gasteiger partial charge < -0.3 is 10.1 Å². The number of para-hydroxylation sites is 1. The van der Waals surface area contributed by atoms with Crippen molar-refractivity contribution in [2.45, 2.75) is 6.42 Å². The van der Waals surface area contributed by atoms with Gasteiger partial charge in [0.2, 0.25) is 0 Å². The first-order chi connectivity index (χ1) is 10.1. The zero-order valence-corrected chi connectivity index (χ0v) is 11.3. The fourth-order valence-electron chi connectivity index (χ4n) is 1.79. The predicted octanol–water partition coefficient (Wildman–Crippen LogP) is 2.70. The van der Waals surface area contributed by atoms with Crippen LogP contribution in [0.15, 0.2) is 48.5 Å². The molecule has 0 radical (unpaired) electrons. The van der Waals surface area contributed by atoms with E-state index in [9.17, 15) is 13.6 Å². The molecule has 0 aromatic heterocycles. The number of hydrogen-bond acceptors (Lipinski definition) is 2. The van der Waals surface area contributed by atoms with Crippen LogP contribution < -0.4 is 10.1 Å². The summed E-state index contributed by atoms with van der Waals surface area (Å²) in [5, 5.41) is 2.60. The molecular formula is C16H15F2NO2. The molecule has 0 spiro atoms. The van der Waals surface area contributed by atoms with Gasteiger partial charge in [0, 0.05) is 6.54 Å². The first-order valence-electron chi connectivity index (χ1n) is 6.53. The van der Waals surface area contributed by atoms with Gasteiger partial charge in [-0.15, -0.1) is 0 Å². The van der Waals surface area contributed by atoms with Crippen LogP contribution in [0, 0.1) is 11.6 Å². The number of ether oxygens (including phenoxy) is 1. The molecule has 5 heteroatoms. The second kappa shape index (κ2) is 7.38. The summed E-state index contributed by atoms with van der Waals surface area (Å²) in [4.78, 5) is 11.6. The lowest BCUT2D eigenvalue weighted by Crippen LogP contribution is -2.30. The average molecular weight is 291 g/mol. The van der Waals surface area contributed by atoms with Crippen molar-refractivity contribution in [1.29, 1.82) is 0 Å². The van der Waals surface area contributed by atoms with Crippen molar-refractivity contribution in [2.24, 2.45) is 0 Å². The summed E-state index contributed by atoms with van der Waals surface area (Å²) in [6.07, 6.45) is 0.223. The molecule has 0 fully saturated rings. The molecule has 0 aliphatic heterocycles. The van der Waals surface area contributed by atoms with Gasteiger partial charge in [-0.05, 0) is 42.3 Å². The summed E-state index contributed by atoms with van der Waals surface area (Å²) in [6, 6.07) is 12.2. The lowest BCUT2D eigenvalue weighted by Gasteiger charge is -2.08. The SMILES string of the molecule is O=C(COc1ccccc1)NCCc1cc(F)ccc1F. The highest BCUT2D eigenvalue weighted by Gasteiger charge is 2.06. The van der Waals surface area contributed by atoms with Gasteiger partial charge >= 0.3 is 0 Å². The van der Waals surface area contributed by atoms with Gasteiger partial charge in [-0.25, -0.2) is 8.78 Å². The summed E-state index contributed by atoms with van der Waals surface area (Å²) in [5.74, 6) is -0.684. The fraction of sp³-hybridized carbons (Fsp3) is 0.188. The molecule has 0 aliphatic carbocycles. The van der Waals surface area contributed by atoms with Gasteiger partial charge in [-0.3, -0.25) is 4.79 Å². The number of carbonyl (C=O) groups excluding carboxylic acids is 1. The van der Waals surface area contributed by atoms with E-state index >= 15 is 0 Å². The zero-order chi connectivity index (χ0) is 15.1. The van der Waals surface area contributed by atoms with Gasteiger partial charge in [-0.1, -0.05) is 18.2 Å². The fourth-order valence-corrected chi connectivity index (χ4v) is 1.79. The smallest absolute Gasteiger partial charge is 0.257 e. The van der Waals surface area contributed by atoms with Crippen molar-refractivity contribution in [1.82, 2.24) is 5.32 Å². The highest BCUT2D eigenvalue weighted by Crippen LogP contribution is 2.10. The Bertz CT molecular complexity index is 602. The lowest BCUT2D eigenvalue weighted by molar-refractivity contribution is -0.123. The monoisotopic (exact) mass is 291 g/mol. The Morgan fingerprint density at radius 2 is 1.86 bits per heavy atom. The maximum absolute atomic E-state index is 13.4. The number of benzene rings is 2. The van der Waals surface area contributed by atoms with Crippen molar-refractivity contribution in [3.05, 3.63) is 65.7 Å². The molecule has 21 heavy (non-hydrogen) atoms.